The Morgan fingerprint density at radius 1 is 1.57 bits per heavy atom. The number of nitrogens with zero attached hydrogens (tertiary/aromatic N) is 2. The molecule has 3 nitrogen and oxygen atoms in total. The molecule has 0 aliphatic carbocycles. The quantitative estimate of drug-likeness (QED) is 0.722. The van der Waals surface area contributed by atoms with Gasteiger partial charge in [-0.15, -0.1) is 0 Å². The summed E-state index contributed by atoms with van der Waals surface area (Å²) in [5.41, 5.74) is 1.86. The van der Waals surface area contributed by atoms with E-state index < -0.39 is 0 Å². The van der Waals surface area contributed by atoms with Gasteiger partial charge in [-0.05, 0) is 12.3 Å². The summed E-state index contributed by atoms with van der Waals surface area (Å²) in [6.07, 6.45) is 2.06. The molecule has 0 saturated heterocycles. The fourth-order valence-electron chi connectivity index (χ4n) is 1.39. The minimum atomic E-state index is 0.318. The second kappa shape index (κ2) is 4.60. The lowest BCUT2D eigenvalue weighted by Crippen LogP contribution is -1.99. The molecular weight excluding hydrogens is 200 g/mol. The van der Waals surface area contributed by atoms with Gasteiger partial charge in [0.05, 0.1) is 16.4 Å². The smallest absolute Gasteiger partial charge is 0.120 e. The summed E-state index contributed by atoms with van der Waals surface area (Å²) in [4.78, 5) is 10.3. The van der Waals surface area contributed by atoms with Gasteiger partial charge >= 0.3 is 0 Å². The molecule has 0 unspecified atom stereocenters. The molecule has 0 N–H and O–H groups in total. The first-order chi connectivity index (χ1) is 6.57. The van der Waals surface area contributed by atoms with Gasteiger partial charge < -0.3 is 4.79 Å². The second-order valence-corrected chi connectivity index (χ2v) is 4.01. The number of aromatic nitrogens is 2. The first kappa shape index (κ1) is 11.2. The van der Waals surface area contributed by atoms with Crippen LogP contribution in [-0.2, 0) is 18.3 Å². The lowest BCUT2D eigenvalue weighted by molar-refractivity contribution is -0.107. The molecule has 0 radical (unpaired) electrons. The second-order valence-electron chi connectivity index (χ2n) is 3.63. The number of carbonyl (C=O) groups excluding carboxylic acids is 1. The van der Waals surface area contributed by atoms with E-state index in [4.69, 9.17) is 11.6 Å². The van der Waals surface area contributed by atoms with Crippen LogP contribution in [-0.4, -0.2) is 16.1 Å². The lowest BCUT2D eigenvalue weighted by Gasteiger charge is -1.99. The number of rotatable bonds is 4. The van der Waals surface area contributed by atoms with Gasteiger partial charge in [0, 0.05) is 13.5 Å². The summed E-state index contributed by atoms with van der Waals surface area (Å²) in [6, 6.07) is 0. The first-order valence-corrected chi connectivity index (χ1v) is 5.10. The summed E-state index contributed by atoms with van der Waals surface area (Å²) < 4.78 is 1.77. The Balaban J connectivity index is 2.98. The molecule has 0 fully saturated rings. The highest BCUT2D eigenvalue weighted by molar-refractivity contribution is 6.32. The topological polar surface area (TPSA) is 34.9 Å². The Bertz CT molecular complexity index is 331. The number of hydrogen-bond donors (Lipinski definition) is 0. The Morgan fingerprint density at radius 3 is 2.64 bits per heavy atom. The minimum absolute atomic E-state index is 0.318. The maximum atomic E-state index is 10.3. The molecule has 4 heteroatoms. The maximum Gasteiger partial charge on any atom is 0.120 e. The number of halogens is 1. The van der Waals surface area contributed by atoms with Gasteiger partial charge in [-0.2, -0.15) is 5.10 Å². The van der Waals surface area contributed by atoms with E-state index in [-0.39, 0.29) is 0 Å². The summed E-state index contributed by atoms with van der Waals surface area (Å²) >= 11 is 6.16. The highest BCUT2D eigenvalue weighted by Gasteiger charge is 2.15. The van der Waals surface area contributed by atoms with Gasteiger partial charge in [-0.25, -0.2) is 0 Å². The van der Waals surface area contributed by atoms with Gasteiger partial charge in [0.25, 0.3) is 0 Å². The van der Waals surface area contributed by atoms with E-state index in [9.17, 15) is 4.79 Å². The fourth-order valence-corrected chi connectivity index (χ4v) is 1.86. The zero-order valence-corrected chi connectivity index (χ0v) is 9.51. The van der Waals surface area contributed by atoms with Crippen molar-refractivity contribution in [3.05, 3.63) is 16.4 Å². The Hall–Kier alpha value is -0.830. The number of aryl methyl sites for hydroxylation is 1. The lowest BCUT2D eigenvalue weighted by atomic mass is 10.1. The molecule has 0 saturated carbocycles. The highest BCUT2D eigenvalue weighted by atomic mass is 35.5. The molecule has 0 aliphatic heterocycles. The molecule has 1 aromatic rings. The molecule has 0 aliphatic rings. The van der Waals surface area contributed by atoms with Crippen molar-refractivity contribution in [3.8, 4) is 0 Å². The maximum absolute atomic E-state index is 10.3. The third-order valence-corrected chi connectivity index (χ3v) is 2.58. The first-order valence-electron chi connectivity index (χ1n) is 4.72. The average Bonchev–Trinajstić information content (AvgIpc) is 2.40. The average molecular weight is 215 g/mol. The number of aldehydes is 1. The van der Waals surface area contributed by atoms with Crippen LogP contribution in [0.3, 0.4) is 0 Å². The van der Waals surface area contributed by atoms with Crippen LogP contribution < -0.4 is 0 Å². The molecule has 1 aromatic heterocycles. The Labute approximate surface area is 89.1 Å². The summed E-state index contributed by atoms with van der Waals surface area (Å²) in [5, 5.41) is 5.04. The molecule has 0 aromatic carbocycles. The van der Waals surface area contributed by atoms with Crippen LogP contribution in [0.25, 0.3) is 0 Å². The third kappa shape index (κ3) is 2.15. The van der Waals surface area contributed by atoms with Gasteiger partial charge in [0.2, 0.25) is 0 Å². The van der Waals surface area contributed by atoms with Crippen LogP contribution in [0.4, 0.5) is 0 Å². The van der Waals surface area contributed by atoms with Gasteiger partial charge in [-0.3, -0.25) is 4.68 Å². The van der Waals surface area contributed by atoms with E-state index in [1.807, 2.05) is 7.05 Å². The van der Waals surface area contributed by atoms with Gasteiger partial charge in [-0.1, -0.05) is 25.4 Å². The van der Waals surface area contributed by atoms with E-state index in [0.29, 0.717) is 23.8 Å². The highest BCUT2D eigenvalue weighted by Crippen LogP contribution is 2.26. The van der Waals surface area contributed by atoms with E-state index in [1.54, 1.807) is 4.68 Å². The predicted octanol–water partition coefficient (Wildman–Crippen LogP) is 2.33. The van der Waals surface area contributed by atoms with E-state index in [0.717, 1.165) is 17.7 Å². The zero-order valence-electron chi connectivity index (χ0n) is 8.75. The largest absolute Gasteiger partial charge is 0.303 e. The van der Waals surface area contributed by atoms with Crippen LogP contribution in [0.5, 0.6) is 0 Å². The van der Waals surface area contributed by atoms with Crippen molar-refractivity contribution < 1.29 is 4.79 Å². The van der Waals surface area contributed by atoms with Crippen molar-refractivity contribution in [2.45, 2.75) is 32.6 Å². The van der Waals surface area contributed by atoms with Crippen LogP contribution in [0.2, 0.25) is 5.02 Å². The summed E-state index contributed by atoms with van der Waals surface area (Å²) in [6.45, 7) is 4.11. The molecule has 0 atom stereocenters. The number of carbonyl (C=O) groups is 1. The van der Waals surface area contributed by atoms with Crippen LogP contribution in [0.1, 0.15) is 37.6 Å². The van der Waals surface area contributed by atoms with E-state index in [2.05, 4.69) is 18.9 Å². The van der Waals surface area contributed by atoms with E-state index in [1.165, 1.54) is 0 Å². The van der Waals surface area contributed by atoms with Crippen molar-refractivity contribution in [1.29, 1.82) is 0 Å². The molecule has 0 bridgehead atoms. The van der Waals surface area contributed by atoms with E-state index >= 15 is 0 Å². The Morgan fingerprint density at radius 2 is 2.21 bits per heavy atom. The molecular formula is C10H15ClN2O. The number of hydrogen-bond acceptors (Lipinski definition) is 2. The van der Waals surface area contributed by atoms with Crippen molar-refractivity contribution in [1.82, 2.24) is 9.78 Å². The molecule has 14 heavy (non-hydrogen) atoms. The monoisotopic (exact) mass is 214 g/mol. The zero-order chi connectivity index (χ0) is 10.7. The molecule has 0 spiro atoms. The van der Waals surface area contributed by atoms with Crippen molar-refractivity contribution in [2.24, 2.45) is 7.05 Å². The summed E-state index contributed by atoms with van der Waals surface area (Å²) in [5.74, 6) is 0.318. The summed E-state index contributed by atoms with van der Waals surface area (Å²) in [7, 11) is 1.86. The van der Waals surface area contributed by atoms with Crippen molar-refractivity contribution in [2.75, 3.05) is 0 Å². The molecule has 1 heterocycles. The standard InChI is InChI=1S/C10H15ClN2O/c1-7(2)10-9(11)8(5-4-6-14)13(3)12-10/h6-7H,4-5H2,1-3H3. The molecule has 78 valence electrons. The minimum Gasteiger partial charge on any atom is -0.303 e. The van der Waals surface area contributed by atoms with Crippen LogP contribution in [0, 0.1) is 0 Å². The van der Waals surface area contributed by atoms with Crippen LogP contribution in [0.15, 0.2) is 0 Å². The fraction of sp³-hybridized carbons (Fsp3) is 0.600. The predicted molar refractivity (Wildman–Crippen MR) is 56.7 cm³/mol. The van der Waals surface area contributed by atoms with Crippen molar-refractivity contribution in [3.63, 3.8) is 0 Å². The van der Waals surface area contributed by atoms with Gasteiger partial charge in [0.15, 0.2) is 0 Å². The molecule has 1 rings (SSSR count). The SMILES string of the molecule is CC(C)c1nn(C)c(CCC=O)c1Cl. The normalized spacial score (nSPS) is 10.9. The van der Waals surface area contributed by atoms with Gasteiger partial charge in [0.1, 0.15) is 6.29 Å². The molecule has 0 amide bonds. The van der Waals surface area contributed by atoms with Crippen LogP contribution >= 0.6 is 11.6 Å². The third-order valence-electron chi connectivity index (χ3n) is 2.17. The Kier molecular flexibility index (Phi) is 3.69. The van der Waals surface area contributed by atoms with Crippen molar-refractivity contribution >= 4 is 17.9 Å².